The average Bonchev–Trinajstić information content (AvgIpc) is 3.05. The van der Waals surface area contributed by atoms with Crippen molar-refractivity contribution in [3.63, 3.8) is 0 Å². The molecule has 0 unspecified atom stereocenters. The first-order valence-corrected chi connectivity index (χ1v) is 7.37. The van der Waals surface area contributed by atoms with Crippen molar-refractivity contribution in [2.24, 2.45) is 0 Å². The number of thiophene rings is 1. The van der Waals surface area contributed by atoms with Crippen molar-refractivity contribution in [3.05, 3.63) is 35.5 Å². The first kappa shape index (κ1) is 11.6. The van der Waals surface area contributed by atoms with Gasteiger partial charge in [0.25, 0.3) is 5.91 Å². The second-order valence-electron chi connectivity index (χ2n) is 4.81. The number of hydrogen-bond acceptors (Lipinski definition) is 4. The molecule has 0 saturated carbocycles. The Labute approximate surface area is 119 Å². The molecule has 20 heavy (non-hydrogen) atoms. The fourth-order valence-electron chi connectivity index (χ4n) is 2.23. The summed E-state index contributed by atoms with van der Waals surface area (Å²) in [4.78, 5) is 26.9. The maximum atomic E-state index is 12.1. The van der Waals surface area contributed by atoms with E-state index in [0.717, 1.165) is 46.8 Å². The van der Waals surface area contributed by atoms with Crippen LogP contribution in [0.1, 0.15) is 16.8 Å². The number of hydrogen-bond donors (Lipinski definition) is 1. The van der Waals surface area contributed by atoms with Gasteiger partial charge in [-0.2, -0.15) is 0 Å². The number of fused-ring (bicyclic) bond motifs is 1. The molecule has 0 atom stereocenters. The van der Waals surface area contributed by atoms with E-state index in [1.54, 1.807) is 6.20 Å². The van der Waals surface area contributed by atoms with Crippen LogP contribution in [-0.4, -0.2) is 38.8 Å². The minimum absolute atomic E-state index is 0.120. The van der Waals surface area contributed by atoms with Gasteiger partial charge in [0, 0.05) is 24.7 Å². The van der Waals surface area contributed by atoms with Crippen molar-refractivity contribution in [3.8, 4) is 10.6 Å². The minimum Gasteiger partial charge on any atom is -0.345 e. The molecule has 3 aromatic rings. The first-order chi connectivity index (χ1) is 9.81. The summed E-state index contributed by atoms with van der Waals surface area (Å²) in [7, 11) is 0. The number of aromatic amines is 1. The summed E-state index contributed by atoms with van der Waals surface area (Å²) in [6.45, 7) is 1.75. The van der Waals surface area contributed by atoms with E-state index in [9.17, 15) is 4.79 Å². The predicted octanol–water partition coefficient (Wildman–Crippen LogP) is 2.53. The average molecular weight is 284 g/mol. The third kappa shape index (κ3) is 1.80. The molecule has 100 valence electrons. The molecule has 0 bridgehead atoms. The molecule has 1 aliphatic rings. The topological polar surface area (TPSA) is 61.9 Å². The SMILES string of the molecule is O=C(c1csc(-c2cnc3[nH]ccc3n2)c1)N1CCC1. The number of rotatable bonds is 2. The van der Waals surface area contributed by atoms with Crippen LogP contribution in [0.3, 0.4) is 0 Å². The van der Waals surface area contributed by atoms with Crippen LogP contribution in [0.5, 0.6) is 0 Å². The van der Waals surface area contributed by atoms with Crippen LogP contribution in [0.25, 0.3) is 21.7 Å². The van der Waals surface area contributed by atoms with Crippen molar-refractivity contribution in [1.29, 1.82) is 0 Å². The maximum Gasteiger partial charge on any atom is 0.254 e. The zero-order chi connectivity index (χ0) is 13.5. The molecule has 0 radical (unpaired) electrons. The lowest BCUT2D eigenvalue weighted by molar-refractivity contribution is 0.0652. The van der Waals surface area contributed by atoms with Gasteiger partial charge < -0.3 is 9.88 Å². The molecule has 3 aromatic heterocycles. The Hall–Kier alpha value is -2.21. The second kappa shape index (κ2) is 4.42. The van der Waals surface area contributed by atoms with Crippen LogP contribution in [-0.2, 0) is 0 Å². The highest BCUT2D eigenvalue weighted by Gasteiger charge is 2.22. The number of nitrogens with zero attached hydrogens (tertiary/aromatic N) is 3. The van der Waals surface area contributed by atoms with Gasteiger partial charge in [-0.25, -0.2) is 9.97 Å². The van der Waals surface area contributed by atoms with E-state index in [0.29, 0.717) is 0 Å². The number of carbonyl (C=O) groups excluding carboxylic acids is 1. The van der Waals surface area contributed by atoms with Crippen molar-refractivity contribution >= 4 is 28.4 Å². The van der Waals surface area contributed by atoms with Crippen LogP contribution in [0.4, 0.5) is 0 Å². The van der Waals surface area contributed by atoms with Crippen LogP contribution >= 0.6 is 11.3 Å². The van der Waals surface area contributed by atoms with Gasteiger partial charge in [0.15, 0.2) is 5.65 Å². The fraction of sp³-hybridized carbons (Fsp3) is 0.214. The van der Waals surface area contributed by atoms with Gasteiger partial charge in [0.05, 0.1) is 22.3 Å². The minimum atomic E-state index is 0.120. The molecule has 1 amide bonds. The normalized spacial score (nSPS) is 14.5. The van der Waals surface area contributed by atoms with Gasteiger partial charge in [-0.1, -0.05) is 0 Å². The molecule has 1 N–H and O–H groups in total. The highest BCUT2D eigenvalue weighted by Crippen LogP contribution is 2.27. The Morgan fingerprint density at radius 3 is 3.10 bits per heavy atom. The summed E-state index contributed by atoms with van der Waals surface area (Å²) in [6, 6.07) is 3.80. The van der Waals surface area contributed by atoms with E-state index in [2.05, 4.69) is 15.0 Å². The number of H-pyrrole nitrogens is 1. The lowest BCUT2D eigenvalue weighted by Crippen LogP contribution is -2.41. The molecule has 0 aromatic carbocycles. The fourth-order valence-corrected chi connectivity index (χ4v) is 3.07. The lowest BCUT2D eigenvalue weighted by atomic mass is 10.1. The van der Waals surface area contributed by atoms with Crippen LogP contribution in [0.2, 0.25) is 0 Å². The van der Waals surface area contributed by atoms with E-state index in [4.69, 9.17) is 0 Å². The Morgan fingerprint density at radius 1 is 1.40 bits per heavy atom. The molecule has 4 heterocycles. The van der Waals surface area contributed by atoms with Gasteiger partial charge in [0.2, 0.25) is 0 Å². The zero-order valence-corrected chi connectivity index (χ0v) is 11.5. The molecule has 1 saturated heterocycles. The number of nitrogens with one attached hydrogen (secondary N) is 1. The molecule has 1 fully saturated rings. The first-order valence-electron chi connectivity index (χ1n) is 6.49. The van der Waals surface area contributed by atoms with Gasteiger partial charge in [-0.05, 0) is 18.6 Å². The van der Waals surface area contributed by atoms with E-state index in [-0.39, 0.29) is 5.91 Å². The molecular formula is C14H12N4OS. The van der Waals surface area contributed by atoms with Gasteiger partial charge in [-0.15, -0.1) is 11.3 Å². The molecule has 4 rings (SSSR count). The highest BCUT2D eigenvalue weighted by atomic mass is 32.1. The molecule has 1 aliphatic heterocycles. The summed E-state index contributed by atoms with van der Waals surface area (Å²) in [6.07, 6.45) is 4.67. The van der Waals surface area contributed by atoms with Gasteiger partial charge in [0.1, 0.15) is 5.52 Å². The third-order valence-electron chi connectivity index (χ3n) is 3.50. The number of amides is 1. The van der Waals surface area contributed by atoms with Gasteiger partial charge in [-0.3, -0.25) is 4.79 Å². The molecular weight excluding hydrogens is 272 g/mol. The quantitative estimate of drug-likeness (QED) is 0.786. The molecule has 6 heteroatoms. The summed E-state index contributed by atoms with van der Waals surface area (Å²) in [5, 5.41) is 1.90. The Balaban J connectivity index is 1.67. The Bertz CT molecular complexity index is 787. The van der Waals surface area contributed by atoms with Crippen LogP contribution in [0.15, 0.2) is 29.9 Å². The highest BCUT2D eigenvalue weighted by molar-refractivity contribution is 7.13. The lowest BCUT2D eigenvalue weighted by Gasteiger charge is -2.30. The van der Waals surface area contributed by atoms with E-state index in [1.807, 2.05) is 28.6 Å². The third-order valence-corrected chi connectivity index (χ3v) is 4.46. The maximum absolute atomic E-state index is 12.1. The standard InChI is InChI=1S/C14H12N4OS/c19-14(18-4-1-5-18)9-6-12(20-8-9)11-7-16-13-10(17-11)2-3-15-13/h2-3,6-8H,1,4-5H2,(H,15,16). The largest absolute Gasteiger partial charge is 0.345 e. The number of likely N-dealkylation sites (tertiary alicyclic amines) is 1. The van der Waals surface area contributed by atoms with E-state index >= 15 is 0 Å². The smallest absolute Gasteiger partial charge is 0.254 e. The summed E-state index contributed by atoms with van der Waals surface area (Å²) >= 11 is 1.53. The zero-order valence-electron chi connectivity index (χ0n) is 10.7. The van der Waals surface area contributed by atoms with Crippen molar-refractivity contribution in [1.82, 2.24) is 19.9 Å². The Morgan fingerprint density at radius 2 is 2.30 bits per heavy atom. The predicted molar refractivity (Wildman–Crippen MR) is 77.7 cm³/mol. The van der Waals surface area contributed by atoms with E-state index in [1.165, 1.54) is 11.3 Å². The summed E-state index contributed by atoms with van der Waals surface area (Å²) in [5.41, 5.74) is 3.18. The van der Waals surface area contributed by atoms with Crippen LogP contribution < -0.4 is 0 Å². The molecule has 0 spiro atoms. The Kier molecular flexibility index (Phi) is 2.56. The van der Waals surface area contributed by atoms with Crippen molar-refractivity contribution in [2.45, 2.75) is 6.42 Å². The molecule has 0 aliphatic carbocycles. The second-order valence-corrected chi connectivity index (χ2v) is 5.72. The summed E-state index contributed by atoms with van der Waals surface area (Å²) in [5.74, 6) is 0.120. The molecule has 5 nitrogen and oxygen atoms in total. The monoisotopic (exact) mass is 284 g/mol. The van der Waals surface area contributed by atoms with Crippen LogP contribution in [0, 0.1) is 0 Å². The number of carbonyl (C=O) groups is 1. The van der Waals surface area contributed by atoms with E-state index < -0.39 is 0 Å². The summed E-state index contributed by atoms with van der Waals surface area (Å²) < 4.78 is 0. The van der Waals surface area contributed by atoms with Crippen molar-refractivity contribution in [2.75, 3.05) is 13.1 Å². The van der Waals surface area contributed by atoms with Gasteiger partial charge >= 0.3 is 0 Å². The van der Waals surface area contributed by atoms with Crippen molar-refractivity contribution < 1.29 is 4.79 Å². The number of aromatic nitrogens is 3.